The van der Waals surface area contributed by atoms with Crippen molar-refractivity contribution >= 4 is 12.1 Å². The van der Waals surface area contributed by atoms with Crippen LogP contribution in [0.5, 0.6) is 0 Å². The van der Waals surface area contributed by atoms with E-state index in [1.807, 2.05) is 0 Å². The maximum Gasteiger partial charge on any atom is 0.407 e. The summed E-state index contributed by atoms with van der Waals surface area (Å²) in [7, 11) is 0. The van der Waals surface area contributed by atoms with Crippen molar-refractivity contribution in [1.29, 1.82) is 0 Å². The van der Waals surface area contributed by atoms with Gasteiger partial charge in [-0.1, -0.05) is 140 Å². The van der Waals surface area contributed by atoms with Gasteiger partial charge in [0.1, 0.15) is 6.10 Å². The van der Waals surface area contributed by atoms with Gasteiger partial charge in [0, 0.05) is 13.0 Å². The summed E-state index contributed by atoms with van der Waals surface area (Å²) in [5.41, 5.74) is 0. The van der Waals surface area contributed by atoms with Gasteiger partial charge in [0.25, 0.3) is 0 Å². The fourth-order valence-electron chi connectivity index (χ4n) is 5.69. The first-order valence-electron chi connectivity index (χ1n) is 19.7. The molecule has 46 heavy (non-hydrogen) atoms. The number of allylic oxidation sites excluding steroid dienone is 6. The van der Waals surface area contributed by atoms with E-state index in [1.54, 1.807) is 0 Å². The number of carboxylic acid groups (broad SMARTS) is 1. The van der Waals surface area contributed by atoms with Crippen molar-refractivity contribution in [2.75, 3.05) is 6.54 Å². The molecule has 0 aromatic carbocycles. The highest BCUT2D eigenvalue weighted by molar-refractivity contribution is 5.68. The number of rotatable bonds is 35. The van der Waals surface area contributed by atoms with E-state index in [9.17, 15) is 9.59 Å². The lowest BCUT2D eigenvalue weighted by atomic mass is 10.0. The van der Waals surface area contributed by atoms with Crippen molar-refractivity contribution in [3.8, 4) is 0 Å². The molecule has 0 saturated carbocycles. The Morgan fingerprint density at radius 1 is 0.543 bits per heavy atom. The lowest BCUT2D eigenvalue weighted by Gasteiger charge is -2.18. The minimum atomic E-state index is -0.838. The van der Waals surface area contributed by atoms with E-state index < -0.39 is 12.1 Å². The molecular formula is C41H75NO4. The second-order valence-corrected chi connectivity index (χ2v) is 13.2. The van der Waals surface area contributed by atoms with Crippen LogP contribution in [0, 0.1) is 0 Å². The number of alkyl carbamates (subject to hydrolysis) is 1. The lowest BCUT2D eigenvalue weighted by Crippen LogP contribution is -2.30. The zero-order valence-electron chi connectivity index (χ0n) is 30.4. The van der Waals surface area contributed by atoms with Crippen molar-refractivity contribution < 1.29 is 19.4 Å². The van der Waals surface area contributed by atoms with Crippen LogP contribution in [-0.4, -0.2) is 29.8 Å². The Morgan fingerprint density at radius 3 is 1.41 bits per heavy atom. The molecule has 1 amide bonds. The highest BCUT2D eigenvalue weighted by Gasteiger charge is 2.14. The maximum absolute atomic E-state index is 12.3. The first kappa shape index (κ1) is 44.0. The van der Waals surface area contributed by atoms with Crippen LogP contribution in [0.2, 0.25) is 0 Å². The summed E-state index contributed by atoms with van der Waals surface area (Å²) in [5, 5.41) is 11.5. The molecule has 0 spiro atoms. The molecule has 1 atom stereocenters. The standard InChI is InChI=1S/C41H75NO4/c1-3-5-7-9-11-13-15-17-19-21-23-25-27-29-31-33-36-39(46-41(45)42-38-34-37-40(43)44)35-32-30-28-26-24-22-20-18-16-14-12-10-8-6-4-2/h11,13,16-19,39H,3-10,12,14-15,20-38H2,1-2H3,(H,42,45)(H,43,44)/b13-11-,18-16-,19-17-. The van der Waals surface area contributed by atoms with Crippen molar-refractivity contribution in [3.63, 3.8) is 0 Å². The van der Waals surface area contributed by atoms with Gasteiger partial charge in [-0.05, 0) is 89.9 Å². The Morgan fingerprint density at radius 2 is 0.935 bits per heavy atom. The smallest absolute Gasteiger partial charge is 0.407 e. The summed E-state index contributed by atoms with van der Waals surface area (Å²) in [4.78, 5) is 23.1. The van der Waals surface area contributed by atoms with Crippen LogP contribution in [0.15, 0.2) is 36.5 Å². The highest BCUT2D eigenvalue weighted by Crippen LogP contribution is 2.18. The Kier molecular flexibility index (Phi) is 35.8. The van der Waals surface area contributed by atoms with Crippen molar-refractivity contribution in [1.82, 2.24) is 5.32 Å². The van der Waals surface area contributed by atoms with Gasteiger partial charge >= 0.3 is 12.1 Å². The first-order valence-corrected chi connectivity index (χ1v) is 19.7. The zero-order chi connectivity index (χ0) is 33.6. The molecular weight excluding hydrogens is 570 g/mol. The van der Waals surface area contributed by atoms with Gasteiger partial charge in [-0.2, -0.15) is 0 Å². The first-order chi connectivity index (χ1) is 22.6. The predicted molar refractivity (Wildman–Crippen MR) is 199 cm³/mol. The second kappa shape index (κ2) is 37.4. The van der Waals surface area contributed by atoms with Crippen LogP contribution in [0.1, 0.15) is 200 Å². The number of carboxylic acids is 1. The number of carbonyl (C=O) groups excluding carboxylic acids is 1. The van der Waals surface area contributed by atoms with Gasteiger partial charge in [-0.3, -0.25) is 4.79 Å². The van der Waals surface area contributed by atoms with E-state index in [0.717, 1.165) is 32.1 Å². The van der Waals surface area contributed by atoms with E-state index in [2.05, 4.69) is 55.6 Å². The SMILES string of the molecule is CCCCC/C=C\C/C=C\CCCCCCCCC(CCCCCCCC/C=C\CCCCCCC)OC(=O)NCCCC(=O)O. The predicted octanol–water partition coefficient (Wildman–Crippen LogP) is 13.2. The van der Waals surface area contributed by atoms with Crippen molar-refractivity contribution in [2.24, 2.45) is 0 Å². The van der Waals surface area contributed by atoms with Crippen molar-refractivity contribution in [3.05, 3.63) is 36.5 Å². The van der Waals surface area contributed by atoms with Gasteiger partial charge in [-0.15, -0.1) is 0 Å². The Balaban J connectivity index is 4.04. The summed E-state index contributed by atoms with van der Waals surface area (Å²) in [6.45, 7) is 4.86. The molecule has 0 fully saturated rings. The molecule has 2 N–H and O–H groups in total. The lowest BCUT2D eigenvalue weighted by molar-refractivity contribution is -0.137. The van der Waals surface area contributed by atoms with Crippen LogP contribution in [-0.2, 0) is 9.53 Å². The molecule has 1 unspecified atom stereocenters. The molecule has 5 nitrogen and oxygen atoms in total. The van der Waals surface area contributed by atoms with E-state index in [1.165, 1.54) is 141 Å². The summed E-state index contributed by atoms with van der Waals surface area (Å²) < 4.78 is 5.78. The number of hydrogen-bond acceptors (Lipinski definition) is 3. The second-order valence-electron chi connectivity index (χ2n) is 13.2. The highest BCUT2D eigenvalue weighted by atomic mass is 16.6. The molecule has 0 aliphatic rings. The van der Waals surface area contributed by atoms with Crippen LogP contribution >= 0.6 is 0 Å². The summed E-state index contributed by atoms with van der Waals surface area (Å²) >= 11 is 0. The van der Waals surface area contributed by atoms with Crippen LogP contribution in [0.3, 0.4) is 0 Å². The summed E-state index contributed by atoms with van der Waals surface area (Å²) in [6.07, 6.45) is 47.3. The van der Waals surface area contributed by atoms with E-state index in [4.69, 9.17) is 9.84 Å². The van der Waals surface area contributed by atoms with E-state index in [0.29, 0.717) is 13.0 Å². The molecule has 0 aromatic rings. The quantitative estimate of drug-likeness (QED) is 0.0531. The monoisotopic (exact) mass is 646 g/mol. The number of unbranched alkanes of at least 4 members (excludes halogenated alkanes) is 20. The molecule has 5 heteroatoms. The van der Waals surface area contributed by atoms with Gasteiger partial charge in [-0.25, -0.2) is 4.79 Å². The van der Waals surface area contributed by atoms with Gasteiger partial charge in [0.15, 0.2) is 0 Å². The van der Waals surface area contributed by atoms with Crippen LogP contribution in [0.25, 0.3) is 0 Å². The molecule has 0 aliphatic heterocycles. The Hall–Kier alpha value is -2.04. The molecule has 0 aromatic heterocycles. The number of nitrogens with one attached hydrogen (secondary N) is 1. The zero-order valence-corrected chi connectivity index (χ0v) is 30.4. The van der Waals surface area contributed by atoms with Gasteiger partial charge in [0.05, 0.1) is 0 Å². The maximum atomic E-state index is 12.3. The van der Waals surface area contributed by atoms with Crippen molar-refractivity contribution in [2.45, 2.75) is 206 Å². The molecule has 0 aliphatic carbocycles. The minimum absolute atomic E-state index is 0.0441. The average Bonchev–Trinajstić information content (AvgIpc) is 3.04. The third-order valence-electron chi connectivity index (χ3n) is 8.63. The largest absolute Gasteiger partial charge is 0.481 e. The fourth-order valence-corrected chi connectivity index (χ4v) is 5.69. The number of amides is 1. The summed E-state index contributed by atoms with van der Waals surface area (Å²) in [5.74, 6) is -0.838. The van der Waals surface area contributed by atoms with Crippen LogP contribution < -0.4 is 5.32 Å². The Labute approximate surface area is 285 Å². The minimum Gasteiger partial charge on any atom is -0.481 e. The molecule has 0 rings (SSSR count). The van der Waals surface area contributed by atoms with E-state index >= 15 is 0 Å². The fraction of sp³-hybridized carbons (Fsp3) is 0.805. The van der Waals surface area contributed by atoms with Gasteiger partial charge < -0.3 is 15.2 Å². The molecule has 268 valence electrons. The summed E-state index contributed by atoms with van der Waals surface area (Å²) in [6, 6.07) is 0. The van der Waals surface area contributed by atoms with E-state index in [-0.39, 0.29) is 12.5 Å². The average molecular weight is 646 g/mol. The topological polar surface area (TPSA) is 75.6 Å². The number of carbonyl (C=O) groups is 2. The third kappa shape index (κ3) is 36.4. The Bertz CT molecular complexity index is 745. The molecule has 0 bridgehead atoms. The normalized spacial score (nSPS) is 12.5. The number of ether oxygens (including phenoxy) is 1. The van der Waals surface area contributed by atoms with Crippen LogP contribution in [0.4, 0.5) is 4.79 Å². The molecule has 0 radical (unpaired) electrons. The van der Waals surface area contributed by atoms with Gasteiger partial charge in [0.2, 0.25) is 0 Å². The number of hydrogen-bond donors (Lipinski definition) is 2. The molecule has 0 heterocycles. The third-order valence-corrected chi connectivity index (χ3v) is 8.63. The number of aliphatic carboxylic acids is 1. The molecule has 0 saturated heterocycles.